The quantitative estimate of drug-likeness (QED) is 0.290. The lowest BCUT2D eigenvalue weighted by molar-refractivity contribution is -0.131. The predicted octanol–water partition coefficient (Wildman–Crippen LogP) is 4.36. The monoisotopic (exact) mass is 467 g/mol. The van der Waals surface area contributed by atoms with Crippen LogP contribution in [0.2, 0.25) is 0 Å². The number of aromatic nitrogens is 1. The van der Waals surface area contributed by atoms with Crippen LogP contribution in [-0.2, 0) is 9.59 Å². The Morgan fingerprint density at radius 2 is 1.81 bits per heavy atom. The average molecular weight is 468 g/mol. The number of hydrogen-bond acceptors (Lipinski definition) is 7. The normalized spacial score (nSPS) is 12.8. The van der Waals surface area contributed by atoms with E-state index < -0.39 is 11.9 Å². The number of benzene rings is 2. The molecule has 3 aromatic rings. The summed E-state index contributed by atoms with van der Waals surface area (Å²) in [6.07, 6.45) is 2.08. The smallest absolute Gasteiger partial charge is 0.308 e. The SMILES string of the molecule is CC(=O)Oc1ccccc1C(=O)Nc1sc(SCC(=O)NC2CC2)nc1-c1ccccc1. The summed E-state index contributed by atoms with van der Waals surface area (Å²) in [5.41, 5.74) is 1.72. The number of thioether (sulfide) groups is 1. The molecule has 0 bridgehead atoms. The third kappa shape index (κ3) is 5.74. The van der Waals surface area contributed by atoms with Gasteiger partial charge >= 0.3 is 5.97 Å². The Hall–Kier alpha value is -3.17. The molecule has 0 atom stereocenters. The maximum absolute atomic E-state index is 13.0. The molecule has 1 saturated carbocycles. The first-order valence-corrected chi connectivity index (χ1v) is 11.9. The number of rotatable bonds is 8. The Balaban J connectivity index is 1.56. The first-order chi connectivity index (χ1) is 15.5. The zero-order chi connectivity index (χ0) is 22.5. The van der Waals surface area contributed by atoms with Gasteiger partial charge in [-0.15, -0.1) is 0 Å². The van der Waals surface area contributed by atoms with E-state index in [-0.39, 0.29) is 23.0 Å². The number of anilines is 1. The molecule has 2 N–H and O–H groups in total. The van der Waals surface area contributed by atoms with E-state index in [1.165, 1.54) is 30.0 Å². The highest BCUT2D eigenvalue weighted by atomic mass is 32.2. The zero-order valence-electron chi connectivity index (χ0n) is 17.3. The molecular formula is C23H21N3O4S2. The van der Waals surface area contributed by atoms with Crippen molar-refractivity contribution in [3.63, 3.8) is 0 Å². The number of carbonyl (C=O) groups is 3. The zero-order valence-corrected chi connectivity index (χ0v) is 18.9. The Labute approximate surface area is 193 Å². The molecule has 32 heavy (non-hydrogen) atoms. The van der Waals surface area contributed by atoms with Gasteiger partial charge in [0.15, 0.2) is 4.34 Å². The largest absolute Gasteiger partial charge is 0.426 e. The van der Waals surface area contributed by atoms with E-state index in [2.05, 4.69) is 15.6 Å². The van der Waals surface area contributed by atoms with Gasteiger partial charge in [0, 0.05) is 18.5 Å². The number of nitrogens with one attached hydrogen (secondary N) is 2. The summed E-state index contributed by atoms with van der Waals surface area (Å²) in [5.74, 6) is -0.479. The minimum atomic E-state index is -0.504. The summed E-state index contributed by atoms with van der Waals surface area (Å²) in [7, 11) is 0. The van der Waals surface area contributed by atoms with E-state index in [1.807, 2.05) is 30.3 Å². The van der Waals surface area contributed by atoms with Crippen LogP contribution >= 0.6 is 23.1 Å². The highest BCUT2D eigenvalue weighted by Crippen LogP contribution is 2.38. The number of thiazole rings is 1. The van der Waals surface area contributed by atoms with E-state index in [9.17, 15) is 14.4 Å². The molecule has 2 amide bonds. The van der Waals surface area contributed by atoms with E-state index in [4.69, 9.17) is 4.74 Å². The third-order valence-electron chi connectivity index (χ3n) is 4.54. The predicted molar refractivity (Wildman–Crippen MR) is 125 cm³/mol. The van der Waals surface area contributed by atoms with Crippen molar-refractivity contribution in [1.29, 1.82) is 0 Å². The number of amides is 2. The summed E-state index contributed by atoms with van der Waals surface area (Å²) >= 11 is 2.64. The summed E-state index contributed by atoms with van der Waals surface area (Å²) in [6.45, 7) is 1.29. The van der Waals surface area contributed by atoms with Gasteiger partial charge in [-0.3, -0.25) is 14.4 Å². The van der Waals surface area contributed by atoms with E-state index >= 15 is 0 Å². The van der Waals surface area contributed by atoms with Gasteiger partial charge in [0.2, 0.25) is 5.91 Å². The van der Waals surface area contributed by atoms with Crippen LogP contribution in [0, 0.1) is 0 Å². The standard InChI is InChI=1S/C23H21N3O4S2/c1-14(27)30-18-10-6-5-9-17(18)21(29)26-22-20(15-7-3-2-4-8-15)25-23(32-22)31-13-19(28)24-16-11-12-16/h2-10,16H,11-13H2,1H3,(H,24,28)(H,26,29). The van der Waals surface area contributed by atoms with Gasteiger partial charge in [-0.05, 0) is 25.0 Å². The van der Waals surface area contributed by atoms with Crippen molar-refractivity contribution >= 4 is 45.9 Å². The molecule has 1 fully saturated rings. The lowest BCUT2D eigenvalue weighted by Gasteiger charge is -2.09. The number of nitrogens with zero attached hydrogens (tertiary/aromatic N) is 1. The lowest BCUT2D eigenvalue weighted by atomic mass is 10.1. The van der Waals surface area contributed by atoms with Gasteiger partial charge in [0.25, 0.3) is 5.91 Å². The van der Waals surface area contributed by atoms with Crippen molar-refractivity contribution in [2.75, 3.05) is 11.1 Å². The average Bonchev–Trinajstić information content (AvgIpc) is 3.50. The van der Waals surface area contributed by atoms with Gasteiger partial charge in [-0.25, -0.2) is 4.98 Å². The minimum Gasteiger partial charge on any atom is -0.426 e. The summed E-state index contributed by atoms with van der Waals surface area (Å²) in [6, 6.07) is 16.4. The fourth-order valence-corrected chi connectivity index (χ4v) is 4.80. The summed E-state index contributed by atoms with van der Waals surface area (Å²) < 4.78 is 5.84. The molecule has 4 rings (SSSR count). The molecule has 7 nitrogen and oxygen atoms in total. The second kappa shape index (κ2) is 9.97. The van der Waals surface area contributed by atoms with Gasteiger partial charge in [0.05, 0.1) is 11.3 Å². The molecule has 1 heterocycles. The first-order valence-electron chi connectivity index (χ1n) is 10.1. The highest BCUT2D eigenvalue weighted by molar-refractivity contribution is 8.01. The third-order valence-corrected chi connectivity index (χ3v) is 6.65. The van der Waals surface area contributed by atoms with Crippen LogP contribution in [0.25, 0.3) is 11.3 Å². The van der Waals surface area contributed by atoms with E-state index in [0.717, 1.165) is 18.4 Å². The summed E-state index contributed by atoms with van der Waals surface area (Å²) in [4.78, 5) is 41.1. The van der Waals surface area contributed by atoms with Crippen LogP contribution in [0.4, 0.5) is 5.00 Å². The van der Waals surface area contributed by atoms with Gasteiger partial charge in [-0.2, -0.15) is 0 Å². The number of carbonyl (C=O) groups excluding carboxylic acids is 3. The molecule has 1 aromatic heterocycles. The molecule has 2 aromatic carbocycles. The fourth-order valence-electron chi connectivity index (χ4n) is 2.93. The van der Waals surface area contributed by atoms with Crippen molar-refractivity contribution in [3.05, 3.63) is 60.2 Å². The molecule has 0 saturated heterocycles. The molecule has 0 aliphatic heterocycles. The molecule has 0 spiro atoms. The van der Waals surface area contributed by atoms with Crippen LogP contribution in [0.1, 0.15) is 30.1 Å². The van der Waals surface area contributed by atoms with Crippen LogP contribution < -0.4 is 15.4 Å². The maximum Gasteiger partial charge on any atom is 0.308 e. The number of esters is 1. The Morgan fingerprint density at radius 1 is 1.09 bits per heavy atom. The Kier molecular flexibility index (Phi) is 6.87. The lowest BCUT2D eigenvalue weighted by Crippen LogP contribution is -2.26. The van der Waals surface area contributed by atoms with E-state index in [1.54, 1.807) is 24.3 Å². The van der Waals surface area contributed by atoms with Crippen molar-refractivity contribution in [1.82, 2.24) is 10.3 Å². The molecule has 9 heteroatoms. The summed E-state index contributed by atoms with van der Waals surface area (Å²) in [5, 5.41) is 6.42. The van der Waals surface area contributed by atoms with Crippen LogP contribution in [0.5, 0.6) is 5.75 Å². The molecule has 1 aliphatic rings. The van der Waals surface area contributed by atoms with Crippen LogP contribution in [0.3, 0.4) is 0 Å². The van der Waals surface area contributed by atoms with Crippen molar-refractivity contribution in [3.8, 4) is 17.0 Å². The maximum atomic E-state index is 13.0. The molecule has 164 valence electrons. The second-order valence-electron chi connectivity index (χ2n) is 7.20. The minimum absolute atomic E-state index is 0.0187. The van der Waals surface area contributed by atoms with Gasteiger partial charge in [0.1, 0.15) is 16.4 Å². The number of ether oxygens (including phenoxy) is 1. The van der Waals surface area contributed by atoms with Crippen molar-refractivity contribution < 1.29 is 19.1 Å². The number of hydrogen-bond donors (Lipinski definition) is 2. The number of para-hydroxylation sites is 1. The molecule has 0 unspecified atom stereocenters. The van der Waals surface area contributed by atoms with Crippen LogP contribution in [-0.4, -0.2) is 34.6 Å². The van der Waals surface area contributed by atoms with Crippen LogP contribution in [0.15, 0.2) is 58.9 Å². The fraction of sp³-hybridized carbons (Fsp3) is 0.217. The van der Waals surface area contributed by atoms with Crippen molar-refractivity contribution in [2.45, 2.75) is 30.1 Å². The molecule has 0 radical (unpaired) electrons. The Bertz CT molecular complexity index is 1140. The molecule has 1 aliphatic carbocycles. The van der Waals surface area contributed by atoms with Crippen molar-refractivity contribution in [2.24, 2.45) is 0 Å². The topological polar surface area (TPSA) is 97.4 Å². The van der Waals surface area contributed by atoms with Gasteiger partial charge < -0.3 is 15.4 Å². The van der Waals surface area contributed by atoms with Gasteiger partial charge in [-0.1, -0.05) is 65.6 Å². The Morgan fingerprint density at radius 3 is 2.53 bits per heavy atom. The molecular weight excluding hydrogens is 446 g/mol. The van der Waals surface area contributed by atoms with E-state index in [0.29, 0.717) is 21.1 Å². The second-order valence-corrected chi connectivity index (χ2v) is 9.42. The highest BCUT2D eigenvalue weighted by Gasteiger charge is 2.24. The first kappa shape index (κ1) is 22.0.